The number of aromatic nitrogens is 1. The summed E-state index contributed by atoms with van der Waals surface area (Å²) >= 11 is 0. The van der Waals surface area contributed by atoms with E-state index >= 15 is 0 Å². The van der Waals surface area contributed by atoms with E-state index in [9.17, 15) is 0 Å². The number of para-hydroxylation sites is 1. The third-order valence-corrected chi connectivity index (χ3v) is 10.5. The lowest BCUT2D eigenvalue weighted by atomic mass is 9.83. The van der Waals surface area contributed by atoms with E-state index in [2.05, 4.69) is 181 Å². The standard InChI is InChI=1S/C48H33N/c1-2-12-32(13-3-1)36-26-29-46-44(31-36)39-16-10-11-21-45(39)49(46)38-27-24-34(25-28-38)47-40-17-6-8-19-42(40)48(43-20-9-7-18-41(43)47)37-23-22-33-14-4-5-15-35(33)30-37/h1-24,26-27,29-31H,25,28H2. The second-order valence-electron chi connectivity index (χ2n) is 13.2. The Hall–Kier alpha value is -6.18. The van der Waals surface area contributed by atoms with E-state index in [0.29, 0.717) is 0 Å². The summed E-state index contributed by atoms with van der Waals surface area (Å²) in [7, 11) is 0. The van der Waals surface area contributed by atoms with Crippen LogP contribution >= 0.6 is 0 Å². The highest BCUT2D eigenvalue weighted by atomic mass is 15.0. The van der Waals surface area contributed by atoms with Crippen molar-refractivity contribution in [3.63, 3.8) is 0 Å². The molecule has 0 unspecified atom stereocenters. The Labute approximate surface area is 285 Å². The first-order chi connectivity index (χ1) is 24.3. The molecule has 0 bridgehead atoms. The molecule has 49 heavy (non-hydrogen) atoms. The molecule has 0 saturated carbocycles. The van der Waals surface area contributed by atoms with E-state index in [-0.39, 0.29) is 0 Å². The predicted molar refractivity (Wildman–Crippen MR) is 211 cm³/mol. The normalized spacial score (nSPS) is 13.4. The Bertz CT molecular complexity index is 2750. The smallest absolute Gasteiger partial charge is 0.0538 e. The quantitative estimate of drug-likeness (QED) is 0.172. The molecule has 0 fully saturated rings. The lowest BCUT2D eigenvalue weighted by Crippen LogP contribution is -2.02. The Morgan fingerprint density at radius 1 is 0.347 bits per heavy atom. The number of benzene rings is 8. The van der Waals surface area contributed by atoms with Crippen LogP contribution < -0.4 is 0 Å². The molecule has 1 nitrogen and oxygen atoms in total. The van der Waals surface area contributed by atoms with E-state index in [1.54, 1.807) is 0 Å². The van der Waals surface area contributed by atoms with E-state index in [0.717, 1.165) is 12.8 Å². The number of allylic oxidation sites excluding steroid dienone is 4. The van der Waals surface area contributed by atoms with Gasteiger partial charge in [0.2, 0.25) is 0 Å². The molecule has 1 heterocycles. The molecule has 9 aromatic rings. The van der Waals surface area contributed by atoms with Crippen LogP contribution in [0.4, 0.5) is 0 Å². The van der Waals surface area contributed by atoms with Crippen molar-refractivity contribution in [2.45, 2.75) is 12.8 Å². The summed E-state index contributed by atoms with van der Waals surface area (Å²) in [4.78, 5) is 0. The van der Waals surface area contributed by atoms with E-state index in [1.165, 1.54) is 93.2 Å². The molecule has 0 saturated heterocycles. The molecule has 0 amide bonds. The second-order valence-corrected chi connectivity index (χ2v) is 13.2. The average Bonchev–Trinajstić information content (AvgIpc) is 3.51. The molecule has 1 aromatic heterocycles. The summed E-state index contributed by atoms with van der Waals surface area (Å²) in [6, 6.07) is 60.1. The van der Waals surface area contributed by atoms with Gasteiger partial charge in [0.15, 0.2) is 0 Å². The molecule has 0 radical (unpaired) electrons. The zero-order valence-corrected chi connectivity index (χ0v) is 27.1. The fourth-order valence-corrected chi connectivity index (χ4v) is 8.24. The van der Waals surface area contributed by atoms with Crippen molar-refractivity contribution < 1.29 is 0 Å². The molecule has 0 atom stereocenters. The highest BCUT2D eigenvalue weighted by Gasteiger charge is 2.21. The molecule has 8 aromatic carbocycles. The summed E-state index contributed by atoms with van der Waals surface area (Å²) in [5, 5.41) is 10.4. The summed E-state index contributed by atoms with van der Waals surface area (Å²) in [5.74, 6) is 0. The third kappa shape index (κ3) is 4.47. The minimum absolute atomic E-state index is 0.967. The van der Waals surface area contributed by atoms with Crippen LogP contribution in [0.5, 0.6) is 0 Å². The molecule has 10 rings (SSSR count). The Balaban J connectivity index is 1.15. The van der Waals surface area contributed by atoms with Gasteiger partial charge in [-0.1, -0.05) is 146 Å². The van der Waals surface area contributed by atoms with Gasteiger partial charge in [-0.15, -0.1) is 0 Å². The van der Waals surface area contributed by atoms with E-state index in [1.807, 2.05) is 0 Å². The number of hydrogen-bond donors (Lipinski definition) is 0. The van der Waals surface area contributed by atoms with Crippen LogP contribution in [-0.4, -0.2) is 4.57 Å². The van der Waals surface area contributed by atoms with Gasteiger partial charge >= 0.3 is 0 Å². The highest BCUT2D eigenvalue weighted by Crippen LogP contribution is 2.45. The zero-order chi connectivity index (χ0) is 32.3. The van der Waals surface area contributed by atoms with Gasteiger partial charge in [0.05, 0.1) is 11.0 Å². The lowest BCUT2D eigenvalue weighted by molar-refractivity contribution is 0.994. The topological polar surface area (TPSA) is 4.93 Å². The maximum atomic E-state index is 2.49. The van der Waals surface area contributed by atoms with Crippen LogP contribution in [0, 0.1) is 0 Å². The SMILES string of the molecule is C1=C(c2c3ccccc3c(-c3ccc4ccccc4c3)c3ccccc23)CCC(n2c3ccccc3c3cc(-c4ccccc4)ccc32)=C1. The number of hydrogen-bond acceptors (Lipinski definition) is 0. The van der Waals surface area contributed by atoms with Crippen LogP contribution in [0.2, 0.25) is 0 Å². The van der Waals surface area contributed by atoms with Crippen LogP contribution in [0.25, 0.3) is 87.6 Å². The van der Waals surface area contributed by atoms with Crippen molar-refractivity contribution >= 4 is 65.4 Å². The monoisotopic (exact) mass is 623 g/mol. The maximum absolute atomic E-state index is 2.49. The van der Waals surface area contributed by atoms with Gasteiger partial charge < -0.3 is 4.57 Å². The first-order valence-corrected chi connectivity index (χ1v) is 17.2. The van der Waals surface area contributed by atoms with Crippen LogP contribution in [0.3, 0.4) is 0 Å². The van der Waals surface area contributed by atoms with Crippen molar-refractivity contribution in [2.75, 3.05) is 0 Å². The molecule has 1 aliphatic rings. The zero-order valence-electron chi connectivity index (χ0n) is 27.1. The van der Waals surface area contributed by atoms with E-state index in [4.69, 9.17) is 0 Å². The largest absolute Gasteiger partial charge is 0.313 e. The Morgan fingerprint density at radius 3 is 1.65 bits per heavy atom. The van der Waals surface area contributed by atoms with Gasteiger partial charge in [0.25, 0.3) is 0 Å². The number of nitrogens with zero attached hydrogens (tertiary/aromatic N) is 1. The summed E-state index contributed by atoms with van der Waals surface area (Å²) in [6.45, 7) is 0. The maximum Gasteiger partial charge on any atom is 0.0538 e. The van der Waals surface area contributed by atoms with Gasteiger partial charge in [0.1, 0.15) is 0 Å². The van der Waals surface area contributed by atoms with Crippen molar-refractivity contribution in [2.24, 2.45) is 0 Å². The first-order valence-electron chi connectivity index (χ1n) is 17.2. The lowest BCUT2D eigenvalue weighted by Gasteiger charge is -2.22. The fourth-order valence-electron chi connectivity index (χ4n) is 8.24. The van der Waals surface area contributed by atoms with Gasteiger partial charge in [-0.3, -0.25) is 0 Å². The van der Waals surface area contributed by atoms with Crippen molar-refractivity contribution in [1.82, 2.24) is 4.57 Å². The van der Waals surface area contributed by atoms with Crippen LogP contribution in [-0.2, 0) is 0 Å². The molecule has 0 N–H and O–H groups in total. The van der Waals surface area contributed by atoms with Gasteiger partial charge in [-0.05, 0) is 109 Å². The first kappa shape index (κ1) is 27.9. The average molecular weight is 624 g/mol. The second kappa shape index (κ2) is 11.2. The molecule has 0 spiro atoms. The van der Waals surface area contributed by atoms with Crippen molar-refractivity contribution in [1.29, 1.82) is 0 Å². The fraction of sp³-hybridized carbons (Fsp3) is 0.0417. The number of rotatable bonds is 4. The van der Waals surface area contributed by atoms with E-state index < -0.39 is 0 Å². The van der Waals surface area contributed by atoms with Gasteiger partial charge in [0, 0.05) is 16.5 Å². The van der Waals surface area contributed by atoms with Gasteiger partial charge in [-0.2, -0.15) is 0 Å². The molecule has 1 aliphatic carbocycles. The Morgan fingerprint density at radius 2 is 0.939 bits per heavy atom. The van der Waals surface area contributed by atoms with Crippen molar-refractivity contribution in [3.05, 3.63) is 182 Å². The minimum atomic E-state index is 0.967. The predicted octanol–water partition coefficient (Wildman–Crippen LogP) is 13.3. The van der Waals surface area contributed by atoms with Gasteiger partial charge in [-0.25, -0.2) is 0 Å². The minimum Gasteiger partial charge on any atom is -0.313 e. The van der Waals surface area contributed by atoms with Crippen LogP contribution in [0.1, 0.15) is 18.4 Å². The Kier molecular flexibility index (Phi) is 6.38. The summed E-state index contributed by atoms with van der Waals surface area (Å²) in [6.07, 6.45) is 6.71. The molecule has 230 valence electrons. The summed E-state index contributed by atoms with van der Waals surface area (Å²) in [5.41, 5.74) is 11.7. The molecule has 0 aliphatic heterocycles. The third-order valence-electron chi connectivity index (χ3n) is 10.5. The number of fused-ring (bicyclic) bond motifs is 6. The summed E-state index contributed by atoms with van der Waals surface area (Å²) < 4.78 is 2.49. The molecular formula is C48H33N. The molecular weight excluding hydrogens is 591 g/mol. The van der Waals surface area contributed by atoms with Crippen molar-refractivity contribution in [3.8, 4) is 22.3 Å². The van der Waals surface area contributed by atoms with Crippen LogP contribution in [0.15, 0.2) is 176 Å². The molecule has 1 heteroatoms. The highest BCUT2D eigenvalue weighted by molar-refractivity contribution is 6.19.